The summed E-state index contributed by atoms with van der Waals surface area (Å²) in [5.41, 5.74) is 1.10. The lowest BCUT2D eigenvalue weighted by molar-refractivity contribution is 0.677. The molecule has 2 aromatic heterocycles. The Morgan fingerprint density at radius 3 is 2.55 bits per heavy atom. The molecule has 0 aromatic carbocycles. The number of aliphatic imine (C=N–C) groups is 1. The van der Waals surface area contributed by atoms with Crippen molar-refractivity contribution in [2.45, 2.75) is 13.1 Å². The highest BCUT2D eigenvalue weighted by Gasteiger charge is 2.03. The van der Waals surface area contributed by atoms with Gasteiger partial charge in [-0.1, -0.05) is 0 Å². The van der Waals surface area contributed by atoms with Gasteiger partial charge in [0.2, 0.25) is 0 Å². The van der Waals surface area contributed by atoms with E-state index in [1.54, 1.807) is 19.4 Å². The summed E-state index contributed by atoms with van der Waals surface area (Å²) in [5, 5.41) is 10.6. The summed E-state index contributed by atoms with van der Waals surface area (Å²) in [6.07, 6.45) is 5.48. The number of hydrogen-bond donors (Lipinski definition) is 2. The largest absolute Gasteiger partial charge is 0.351 e. The molecule has 0 bridgehead atoms. The molecule has 110 valence electrons. The first-order valence-corrected chi connectivity index (χ1v) is 6.08. The van der Waals surface area contributed by atoms with Gasteiger partial charge in [-0.15, -0.1) is 24.0 Å². The van der Waals surface area contributed by atoms with Crippen molar-refractivity contribution in [3.63, 3.8) is 0 Å². The molecule has 0 radical (unpaired) electrons. The molecule has 7 nitrogen and oxygen atoms in total. The molecule has 2 aromatic rings. The maximum Gasteiger partial charge on any atom is 0.191 e. The number of hydrogen-bond acceptors (Lipinski definition) is 3. The van der Waals surface area contributed by atoms with Crippen molar-refractivity contribution in [2.24, 2.45) is 19.1 Å². The van der Waals surface area contributed by atoms with Gasteiger partial charge in [0.15, 0.2) is 5.96 Å². The predicted octanol–water partition coefficient (Wildman–Crippen LogP) is 0.637. The molecule has 0 saturated carbocycles. The second kappa shape index (κ2) is 7.88. The highest BCUT2D eigenvalue weighted by Crippen LogP contribution is 1.95. The third-order valence-corrected chi connectivity index (χ3v) is 2.92. The Morgan fingerprint density at radius 1 is 1.25 bits per heavy atom. The average Bonchev–Trinajstić information content (AvgIpc) is 2.99. The minimum Gasteiger partial charge on any atom is -0.351 e. The van der Waals surface area contributed by atoms with Crippen molar-refractivity contribution in [3.8, 4) is 0 Å². The van der Waals surface area contributed by atoms with Crippen molar-refractivity contribution >= 4 is 29.9 Å². The van der Waals surface area contributed by atoms with Gasteiger partial charge in [0, 0.05) is 39.7 Å². The summed E-state index contributed by atoms with van der Waals surface area (Å²) in [7, 11) is 5.63. The first kappa shape index (κ1) is 16.5. The lowest BCUT2D eigenvalue weighted by Crippen LogP contribution is -2.37. The van der Waals surface area contributed by atoms with Gasteiger partial charge >= 0.3 is 0 Å². The molecule has 20 heavy (non-hydrogen) atoms. The zero-order valence-electron chi connectivity index (χ0n) is 11.9. The van der Waals surface area contributed by atoms with E-state index in [-0.39, 0.29) is 24.0 Å². The van der Waals surface area contributed by atoms with E-state index in [2.05, 4.69) is 25.7 Å². The molecule has 2 N–H and O–H groups in total. The molecular formula is C12H20IN7. The molecule has 0 spiro atoms. The average molecular weight is 389 g/mol. The van der Waals surface area contributed by atoms with Crippen molar-refractivity contribution in [1.29, 1.82) is 0 Å². The number of imidazole rings is 1. The summed E-state index contributed by atoms with van der Waals surface area (Å²) in [6.45, 7) is 1.31. The third-order valence-electron chi connectivity index (χ3n) is 2.92. The molecular weight excluding hydrogens is 369 g/mol. The van der Waals surface area contributed by atoms with Gasteiger partial charge in [0.05, 0.1) is 18.8 Å². The van der Waals surface area contributed by atoms with E-state index in [9.17, 15) is 0 Å². The van der Waals surface area contributed by atoms with Crippen LogP contribution >= 0.6 is 24.0 Å². The lowest BCUT2D eigenvalue weighted by Gasteiger charge is -2.11. The zero-order chi connectivity index (χ0) is 13.7. The number of guanidine groups is 1. The van der Waals surface area contributed by atoms with Crippen molar-refractivity contribution in [3.05, 3.63) is 36.2 Å². The van der Waals surface area contributed by atoms with Crippen LogP contribution in [0, 0.1) is 0 Å². The highest BCUT2D eigenvalue weighted by atomic mass is 127. The van der Waals surface area contributed by atoms with E-state index >= 15 is 0 Å². The van der Waals surface area contributed by atoms with Crippen LogP contribution < -0.4 is 10.6 Å². The van der Waals surface area contributed by atoms with Crippen LogP contribution in [0.3, 0.4) is 0 Å². The molecule has 0 unspecified atom stereocenters. The van der Waals surface area contributed by atoms with Crippen LogP contribution in [-0.2, 0) is 27.2 Å². The van der Waals surface area contributed by atoms with Gasteiger partial charge < -0.3 is 15.2 Å². The second-order valence-electron chi connectivity index (χ2n) is 4.18. The van der Waals surface area contributed by atoms with Crippen LogP contribution in [0.2, 0.25) is 0 Å². The Kier molecular flexibility index (Phi) is 6.49. The van der Waals surface area contributed by atoms with Gasteiger partial charge in [-0.2, -0.15) is 5.10 Å². The molecule has 0 aliphatic heterocycles. The molecule has 0 aliphatic carbocycles. The normalized spacial score (nSPS) is 11.1. The highest BCUT2D eigenvalue weighted by molar-refractivity contribution is 14.0. The zero-order valence-corrected chi connectivity index (χ0v) is 14.2. The van der Waals surface area contributed by atoms with Gasteiger partial charge in [0.1, 0.15) is 5.82 Å². The third kappa shape index (κ3) is 4.22. The maximum absolute atomic E-state index is 4.25. The number of aryl methyl sites for hydroxylation is 2. The van der Waals surface area contributed by atoms with E-state index in [0.29, 0.717) is 13.1 Å². The molecule has 2 rings (SSSR count). The SMILES string of the molecule is CN=C(NCc1nccn1C)NCc1ccnn1C.I. The Morgan fingerprint density at radius 2 is 2.00 bits per heavy atom. The van der Waals surface area contributed by atoms with E-state index in [0.717, 1.165) is 17.5 Å². The lowest BCUT2D eigenvalue weighted by atomic mass is 10.4. The molecule has 0 fully saturated rings. The van der Waals surface area contributed by atoms with Gasteiger partial charge in [-0.05, 0) is 6.07 Å². The number of aromatic nitrogens is 4. The van der Waals surface area contributed by atoms with Gasteiger partial charge in [-0.25, -0.2) is 4.98 Å². The maximum atomic E-state index is 4.25. The van der Waals surface area contributed by atoms with Crippen LogP contribution in [0.5, 0.6) is 0 Å². The summed E-state index contributed by atoms with van der Waals surface area (Å²) < 4.78 is 3.81. The first-order chi connectivity index (χ1) is 9.20. The fraction of sp³-hybridized carbons (Fsp3) is 0.417. The number of nitrogens with zero attached hydrogens (tertiary/aromatic N) is 5. The van der Waals surface area contributed by atoms with Crippen LogP contribution in [0.4, 0.5) is 0 Å². The summed E-state index contributed by atoms with van der Waals surface area (Å²) >= 11 is 0. The quantitative estimate of drug-likeness (QED) is 0.458. The molecule has 8 heteroatoms. The van der Waals surface area contributed by atoms with E-state index in [1.165, 1.54) is 0 Å². The molecule has 0 saturated heterocycles. The van der Waals surface area contributed by atoms with E-state index in [4.69, 9.17) is 0 Å². The van der Waals surface area contributed by atoms with Crippen molar-refractivity contribution in [1.82, 2.24) is 30.0 Å². The van der Waals surface area contributed by atoms with Crippen molar-refractivity contribution < 1.29 is 0 Å². The fourth-order valence-corrected chi connectivity index (χ4v) is 1.70. The van der Waals surface area contributed by atoms with Crippen LogP contribution in [0.25, 0.3) is 0 Å². The first-order valence-electron chi connectivity index (χ1n) is 6.08. The molecule has 0 atom stereocenters. The summed E-state index contributed by atoms with van der Waals surface area (Å²) in [5.74, 6) is 1.70. The Bertz CT molecular complexity index is 511. The topological polar surface area (TPSA) is 72.1 Å². The van der Waals surface area contributed by atoms with E-state index < -0.39 is 0 Å². The predicted molar refractivity (Wildman–Crippen MR) is 88.9 cm³/mol. The fourth-order valence-electron chi connectivity index (χ4n) is 1.70. The van der Waals surface area contributed by atoms with Crippen LogP contribution in [0.1, 0.15) is 11.5 Å². The van der Waals surface area contributed by atoms with Crippen LogP contribution in [-0.4, -0.2) is 32.3 Å². The molecule has 2 heterocycles. The second-order valence-corrected chi connectivity index (χ2v) is 4.18. The monoisotopic (exact) mass is 389 g/mol. The minimum absolute atomic E-state index is 0. The Hall–Kier alpha value is -1.58. The minimum atomic E-state index is 0. The molecule has 0 amide bonds. The number of rotatable bonds is 4. The smallest absolute Gasteiger partial charge is 0.191 e. The van der Waals surface area contributed by atoms with Gasteiger partial charge in [-0.3, -0.25) is 9.67 Å². The van der Waals surface area contributed by atoms with Gasteiger partial charge in [0.25, 0.3) is 0 Å². The Labute approximate surface area is 135 Å². The number of nitrogens with one attached hydrogen (secondary N) is 2. The summed E-state index contributed by atoms with van der Waals surface area (Å²) in [6, 6.07) is 1.97. The standard InChI is InChI=1S/C12H19N7.HI/c1-13-12(15-8-10-4-5-17-19(10)3)16-9-11-14-6-7-18(11)2;/h4-7H,8-9H2,1-3H3,(H2,13,15,16);1H. The number of halogens is 1. The Balaban J connectivity index is 0.00000200. The van der Waals surface area contributed by atoms with E-state index in [1.807, 2.05) is 35.6 Å². The van der Waals surface area contributed by atoms with Crippen LogP contribution in [0.15, 0.2) is 29.6 Å². The molecule has 0 aliphatic rings. The van der Waals surface area contributed by atoms with Crippen molar-refractivity contribution in [2.75, 3.05) is 7.05 Å². The summed E-state index contributed by atoms with van der Waals surface area (Å²) in [4.78, 5) is 8.42.